The summed E-state index contributed by atoms with van der Waals surface area (Å²) >= 11 is 3.05. The van der Waals surface area contributed by atoms with E-state index in [4.69, 9.17) is 4.55 Å². The third kappa shape index (κ3) is 5.24. The average Bonchev–Trinajstić information content (AvgIpc) is 2.47. The molecule has 0 saturated carbocycles. The van der Waals surface area contributed by atoms with Gasteiger partial charge in [-0.1, -0.05) is 0 Å². The van der Waals surface area contributed by atoms with Crippen LogP contribution in [0.2, 0.25) is 0 Å². The number of hydrogen-bond donors (Lipinski definition) is 1. The maximum atomic E-state index is 10.4. The molecule has 9 heteroatoms. The van der Waals surface area contributed by atoms with Crippen LogP contribution in [-0.4, -0.2) is 47.6 Å². The highest BCUT2D eigenvalue weighted by Gasteiger charge is 2.10. The van der Waals surface area contributed by atoms with Crippen molar-refractivity contribution >= 4 is 32.6 Å². The van der Waals surface area contributed by atoms with E-state index in [1.54, 1.807) is 21.0 Å². The van der Waals surface area contributed by atoms with Crippen molar-refractivity contribution in [3.8, 4) is 0 Å². The number of carbonyl (C=O) groups is 1. The lowest BCUT2D eigenvalue weighted by Crippen LogP contribution is -2.11. The lowest BCUT2D eigenvalue weighted by atomic mass is 10.5. The SMILES string of the molecule is CN(C)C=O.Cc1nn(S(=O)(=O)O)cc1Br. The highest BCUT2D eigenvalue weighted by atomic mass is 79.9. The van der Waals surface area contributed by atoms with Crippen molar-refractivity contribution in [2.24, 2.45) is 0 Å². The fourth-order valence-electron chi connectivity index (χ4n) is 0.533. The summed E-state index contributed by atoms with van der Waals surface area (Å²) in [7, 11) is -0.854. The van der Waals surface area contributed by atoms with Gasteiger partial charge in [-0.2, -0.15) is 13.5 Å². The Hall–Kier alpha value is -0.930. The molecule has 0 fully saturated rings. The highest BCUT2D eigenvalue weighted by molar-refractivity contribution is 9.10. The van der Waals surface area contributed by atoms with Crippen molar-refractivity contribution in [2.45, 2.75) is 6.92 Å². The van der Waals surface area contributed by atoms with Gasteiger partial charge in [-0.05, 0) is 22.9 Å². The predicted molar refractivity (Wildman–Crippen MR) is 61.4 cm³/mol. The molecule has 16 heavy (non-hydrogen) atoms. The lowest BCUT2D eigenvalue weighted by molar-refractivity contribution is -0.115. The van der Waals surface area contributed by atoms with Crippen LogP contribution >= 0.6 is 15.9 Å². The molecule has 0 aliphatic rings. The molecule has 1 aromatic rings. The summed E-state index contributed by atoms with van der Waals surface area (Å²) < 4.78 is 30.4. The molecule has 1 rings (SSSR count). The van der Waals surface area contributed by atoms with Gasteiger partial charge >= 0.3 is 10.3 Å². The van der Waals surface area contributed by atoms with E-state index in [-0.39, 0.29) is 0 Å². The summed E-state index contributed by atoms with van der Waals surface area (Å²) in [4.78, 5) is 10.9. The van der Waals surface area contributed by atoms with Crippen molar-refractivity contribution < 1.29 is 17.8 Å². The van der Waals surface area contributed by atoms with E-state index in [1.807, 2.05) is 0 Å². The monoisotopic (exact) mass is 313 g/mol. The van der Waals surface area contributed by atoms with Crippen molar-refractivity contribution in [2.75, 3.05) is 14.1 Å². The normalized spacial score (nSPS) is 10.3. The zero-order valence-electron chi connectivity index (χ0n) is 8.95. The molecule has 1 amide bonds. The molecule has 0 atom stereocenters. The fraction of sp³-hybridized carbons (Fsp3) is 0.429. The number of aromatic nitrogens is 2. The summed E-state index contributed by atoms with van der Waals surface area (Å²) in [5, 5.41) is 3.51. The van der Waals surface area contributed by atoms with E-state index in [0.29, 0.717) is 14.3 Å². The predicted octanol–water partition coefficient (Wildman–Crippen LogP) is 0.309. The van der Waals surface area contributed by atoms with Gasteiger partial charge in [-0.3, -0.25) is 9.35 Å². The quantitative estimate of drug-likeness (QED) is 0.626. The number of halogens is 1. The zero-order chi connectivity index (χ0) is 12.9. The molecule has 0 radical (unpaired) electrons. The maximum Gasteiger partial charge on any atom is 0.379 e. The first-order valence-electron chi connectivity index (χ1n) is 4.00. The Kier molecular flexibility index (Phi) is 5.62. The highest BCUT2D eigenvalue weighted by Crippen LogP contribution is 2.13. The van der Waals surface area contributed by atoms with Crippen molar-refractivity contribution in [1.29, 1.82) is 0 Å². The van der Waals surface area contributed by atoms with Crippen molar-refractivity contribution in [3.05, 3.63) is 16.4 Å². The Morgan fingerprint density at radius 2 is 2.00 bits per heavy atom. The summed E-state index contributed by atoms with van der Waals surface area (Å²) in [6.45, 7) is 1.62. The Morgan fingerprint density at radius 3 is 2.12 bits per heavy atom. The summed E-state index contributed by atoms with van der Waals surface area (Å²) in [5.74, 6) is 0. The molecule has 0 saturated heterocycles. The molecule has 1 aromatic heterocycles. The van der Waals surface area contributed by atoms with Crippen LogP contribution in [0.25, 0.3) is 0 Å². The van der Waals surface area contributed by atoms with Crippen LogP contribution in [0.4, 0.5) is 0 Å². The molecular weight excluding hydrogens is 302 g/mol. The second-order valence-corrected chi connectivity index (χ2v) is 5.11. The Labute approximate surface area is 102 Å². The van der Waals surface area contributed by atoms with Crippen LogP contribution in [0.3, 0.4) is 0 Å². The van der Waals surface area contributed by atoms with E-state index in [9.17, 15) is 13.2 Å². The molecule has 0 spiro atoms. The topological polar surface area (TPSA) is 92.5 Å². The summed E-state index contributed by atoms with van der Waals surface area (Å²) in [6, 6.07) is 0. The van der Waals surface area contributed by atoms with Crippen molar-refractivity contribution in [3.63, 3.8) is 0 Å². The first-order valence-corrected chi connectivity index (χ1v) is 6.19. The first kappa shape index (κ1) is 15.1. The number of aryl methyl sites for hydroxylation is 1. The Bertz CT molecular complexity index is 435. The molecule has 1 N–H and O–H groups in total. The number of hydrogen-bond acceptors (Lipinski definition) is 4. The molecule has 0 unspecified atom stereocenters. The van der Waals surface area contributed by atoms with Crippen LogP contribution in [0.1, 0.15) is 5.69 Å². The van der Waals surface area contributed by atoms with Gasteiger partial charge in [0.05, 0.1) is 16.4 Å². The van der Waals surface area contributed by atoms with Gasteiger partial charge in [-0.15, -0.1) is 4.09 Å². The summed E-state index contributed by atoms with van der Waals surface area (Å²) in [5.41, 5.74) is 0.502. The second kappa shape index (κ2) is 5.97. The van der Waals surface area contributed by atoms with Crippen LogP contribution < -0.4 is 0 Å². The third-order valence-electron chi connectivity index (χ3n) is 1.27. The number of rotatable bonds is 2. The number of nitrogens with zero attached hydrogens (tertiary/aromatic N) is 3. The molecule has 7 nitrogen and oxygen atoms in total. The van der Waals surface area contributed by atoms with Gasteiger partial charge in [0.1, 0.15) is 0 Å². The largest absolute Gasteiger partial charge is 0.379 e. The Balaban J connectivity index is 0.000000385. The van der Waals surface area contributed by atoms with Crippen LogP contribution in [-0.2, 0) is 15.1 Å². The van der Waals surface area contributed by atoms with Gasteiger partial charge in [0.2, 0.25) is 6.41 Å². The zero-order valence-corrected chi connectivity index (χ0v) is 11.4. The second-order valence-electron chi connectivity index (χ2n) is 2.98. The maximum absolute atomic E-state index is 10.4. The first-order chi connectivity index (χ1) is 7.18. The van der Waals surface area contributed by atoms with E-state index < -0.39 is 10.3 Å². The molecule has 0 bridgehead atoms. The molecule has 0 aliphatic carbocycles. The molecule has 92 valence electrons. The lowest BCUT2D eigenvalue weighted by Gasteiger charge is -1.93. The van der Waals surface area contributed by atoms with Crippen LogP contribution in [0, 0.1) is 6.92 Å². The van der Waals surface area contributed by atoms with Crippen LogP contribution in [0.5, 0.6) is 0 Å². The van der Waals surface area contributed by atoms with E-state index >= 15 is 0 Å². The molecule has 0 aromatic carbocycles. The van der Waals surface area contributed by atoms with Crippen LogP contribution in [0.15, 0.2) is 10.7 Å². The van der Waals surface area contributed by atoms with Crippen molar-refractivity contribution in [1.82, 2.24) is 14.1 Å². The van der Waals surface area contributed by atoms with Gasteiger partial charge in [0.25, 0.3) is 0 Å². The standard InChI is InChI=1S/C4H5BrN2O3S.C3H7NO/c1-3-4(5)2-7(6-3)11(8,9)10;1-4(2)3-5/h2H,1H3,(H,8,9,10);3H,1-2H3. The van der Waals surface area contributed by atoms with Gasteiger partial charge in [-0.25, -0.2) is 0 Å². The van der Waals surface area contributed by atoms with E-state index in [2.05, 4.69) is 21.0 Å². The minimum atomic E-state index is -4.23. The van der Waals surface area contributed by atoms with E-state index in [1.165, 1.54) is 11.1 Å². The molecule has 0 aliphatic heterocycles. The minimum absolute atomic E-state index is 0.492. The third-order valence-corrected chi connectivity index (χ3v) is 2.70. The van der Waals surface area contributed by atoms with E-state index in [0.717, 1.165) is 6.41 Å². The number of carbonyl (C=O) groups excluding carboxylic acids is 1. The summed E-state index contributed by atoms with van der Waals surface area (Å²) in [6.07, 6.45) is 1.92. The average molecular weight is 314 g/mol. The Morgan fingerprint density at radius 1 is 1.56 bits per heavy atom. The molecule has 1 heterocycles. The minimum Gasteiger partial charge on any atom is -0.351 e. The smallest absolute Gasteiger partial charge is 0.351 e. The molecular formula is C7H12BrN3O4S. The van der Waals surface area contributed by atoms with Gasteiger partial charge < -0.3 is 4.90 Å². The van der Waals surface area contributed by atoms with Gasteiger partial charge in [0, 0.05) is 14.1 Å². The number of amides is 1. The fourth-order valence-corrected chi connectivity index (χ4v) is 1.41. The van der Waals surface area contributed by atoms with Gasteiger partial charge in [0.15, 0.2) is 0 Å².